The van der Waals surface area contributed by atoms with Gasteiger partial charge in [0.15, 0.2) is 5.78 Å². The van der Waals surface area contributed by atoms with Gasteiger partial charge in [0.05, 0.1) is 17.3 Å². The van der Waals surface area contributed by atoms with Crippen molar-refractivity contribution in [3.05, 3.63) is 99.9 Å². The number of benzene rings is 2. The van der Waals surface area contributed by atoms with Crippen molar-refractivity contribution in [2.75, 3.05) is 12.8 Å². The van der Waals surface area contributed by atoms with E-state index in [0.29, 0.717) is 6.54 Å². The van der Waals surface area contributed by atoms with Crippen molar-refractivity contribution < 1.29 is 4.79 Å². The normalized spacial score (nSPS) is 19.7. The number of ketones is 1. The summed E-state index contributed by atoms with van der Waals surface area (Å²) in [5, 5.41) is 3.22. The number of thioether (sulfide) groups is 1. The lowest BCUT2D eigenvalue weighted by atomic mass is 9.74. The highest BCUT2D eigenvalue weighted by Crippen LogP contribution is 2.43. The summed E-state index contributed by atoms with van der Waals surface area (Å²) in [5.41, 5.74) is 3.24. The summed E-state index contributed by atoms with van der Waals surface area (Å²) >= 11 is 3.50. The lowest BCUT2D eigenvalue weighted by Crippen LogP contribution is -2.48. The summed E-state index contributed by atoms with van der Waals surface area (Å²) in [5.74, 6) is 0.198. The summed E-state index contributed by atoms with van der Waals surface area (Å²) in [4.78, 5) is 23.7. The summed E-state index contributed by atoms with van der Waals surface area (Å²) in [7, 11) is 0. The van der Waals surface area contributed by atoms with E-state index in [9.17, 15) is 4.79 Å². The number of piperidine rings is 1. The Balaban J connectivity index is 1.64. The third-order valence-electron chi connectivity index (χ3n) is 6.43. The molecule has 1 aliphatic rings. The highest BCUT2D eigenvalue weighted by molar-refractivity contribution is 7.98. The third-order valence-corrected chi connectivity index (χ3v) is 8.03. The van der Waals surface area contributed by atoms with Crippen molar-refractivity contribution in [3.8, 4) is 0 Å². The number of hydrogen-bond donors (Lipinski definition) is 0. The molecule has 0 N–H and O–H groups in total. The van der Waals surface area contributed by atoms with Crippen LogP contribution in [0.2, 0.25) is 0 Å². The summed E-state index contributed by atoms with van der Waals surface area (Å²) in [6.07, 6.45) is 4.10. The van der Waals surface area contributed by atoms with E-state index in [1.54, 1.807) is 23.1 Å². The van der Waals surface area contributed by atoms with Gasteiger partial charge in [0.25, 0.3) is 0 Å². The summed E-state index contributed by atoms with van der Waals surface area (Å²) < 4.78 is 0. The number of Topliss-reactive ketones (excluding diaryl/α,β-unsaturated/α-hetero) is 1. The molecule has 1 saturated heterocycles. The Kier molecular flexibility index (Phi) is 6.43. The monoisotopic (exact) mass is 484 g/mol. The smallest absolute Gasteiger partial charge is 0.167 e. The van der Waals surface area contributed by atoms with Crippen molar-refractivity contribution in [3.63, 3.8) is 0 Å². The molecule has 34 heavy (non-hydrogen) atoms. The van der Waals surface area contributed by atoms with Crippen molar-refractivity contribution in [2.45, 2.75) is 31.3 Å². The van der Waals surface area contributed by atoms with Crippen molar-refractivity contribution in [1.29, 1.82) is 0 Å². The number of carbonyl (C=O) groups excluding carboxylic acids is 1. The average molecular weight is 485 g/mol. The fourth-order valence-corrected chi connectivity index (χ4v) is 5.91. The second kappa shape index (κ2) is 9.49. The van der Waals surface area contributed by atoms with Crippen molar-refractivity contribution in [2.24, 2.45) is 5.41 Å². The van der Waals surface area contributed by atoms with Gasteiger partial charge in [-0.15, -0.1) is 23.1 Å². The quantitative estimate of drug-likeness (QED) is 0.221. The van der Waals surface area contributed by atoms with E-state index >= 15 is 0 Å². The largest absolute Gasteiger partial charge is 0.294 e. The molecule has 1 unspecified atom stereocenters. The Morgan fingerprint density at radius 2 is 1.85 bits per heavy atom. The van der Waals surface area contributed by atoms with Crippen LogP contribution < -0.4 is 0 Å². The van der Waals surface area contributed by atoms with E-state index < -0.39 is 5.41 Å². The van der Waals surface area contributed by atoms with Crippen LogP contribution in [0.25, 0.3) is 17.0 Å². The third kappa shape index (κ3) is 4.61. The molecule has 0 amide bonds. The zero-order chi connectivity index (χ0) is 23.7. The summed E-state index contributed by atoms with van der Waals surface area (Å²) in [6.45, 7) is 5.64. The first-order valence-electron chi connectivity index (χ1n) is 11.5. The van der Waals surface area contributed by atoms with E-state index in [4.69, 9.17) is 4.98 Å². The van der Waals surface area contributed by atoms with Crippen LogP contribution in [-0.2, 0) is 11.3 Å². The SMILES string of the molecule is CSc1ccc(C2C(=Cc3ccc4ccccc4n3)C(=O)C(C)(C)CN2Cc2cccs2)cc1. The molecule has 1 fully saturated rings. The van der Waals surface area contributed by atoms with Crippen molar-refractivity contribution in [1.82, 2.24) is 9.88 Å². The van der Waals surface area contributed by atoms with Gasteiger partial charge < -0.3 is 0 Å². The van der Waals surface area contributed by atoms with Gasteiger partial charge in [0.1, 0.15) is 0 Å². The van der Waals surface area contributed by atoms with E-state index in [1.807, 2.05) is 30.3 Å². The van der Waals surface area contributed by atoms with Gasteiger partial charge in [-0.1, -0.05) is 56.3 Å². The molecule has 5 heteroatoms. The van der Waals surface area contributed by atoms with Gasteiger partial charge in [-0.3, -0.25) is 9.69 Å². The molecular weight excluding hydrogens is 456 g/mol. The molecule has 5 rings (SSSR count). The molecule has 2 aromatic heterocycles. The van der Waals surface area contributed by atoms with E-state index in [1.165, 1.54) is 9.77 Å². The summed E-state index contributed by atoms with van der Waals surface area (Å²) in [6, 6.07) is 25.0. The molecule has 1 aliphatic heterocycles. The zero-order valence-corrected chi connectivity index (χ0v) is 21.3. The number of aromatic nitrogens is 1. The molecule has 0 aliphatic carbocycles. The fraction of sp³-hybridized carbons (Fsp3) is 0.241. The highest BCUT2D eigenvalue weighted by Gasteiger charge is 2.44. The van der Waals surface area contributed by atoms with E-state index in [2.05, 4.69) is 78.9 Å². The van der Waals surface area contributed by atoms with Crippen LogP contribution in [0.15, 0.2) is 88.6 Å². The number of pyridine rings is 1. The minimum absolute atomic E-state index is 0.119. The predicted molar refractivity (Wildman–Crippen MR) is 144 cm³/mol. The van der Waals surface area contributed by atoms with Crippen molar-refractivity contribution >= 4 is 45.9 Å². The number of rotatable bonds is 5. The van der Waals surface area contributed by atoms with Gasteiger partial charge in [0, 0.05) is 39.2 Å². The average Bonchev–Trinajstić information content (AvgIpc) is 3.35. The molecule has 0 radical (unpaired) electrons. The minimum atomic E-state index is -0.477. The maximum Gasteiger partial charge on any atom is 0.167 e. The van der Waals surface area contributed by atoms with Gasteiger partial charge in [-0.05, 0) is 53.6 Å². The highest BCUT2D eigenvalue weighted by atomic mass is 32.2. The molecule has 2 aromatic carbocycles. The van der Waals surface area contributed by atoms with Crippen LogP contribution in [0.5, 0.6) is 0 Å². The standard InChI is InChI=1S/C29H28N2OS2/c1-29(2)19-31(18-24-8-6-16-34-24)27(21-11-14-23(33-3)15-12-21)25(28(29)32)17-22-13-10-20-7-4-5-9-26(20)30-22/h4-17,27H,18-19H2,1-3H3. The first-order chi connectivity index (χ1) is 16.4. The molecular formula is C29H28N2OS2. The molecule has 0 spiro atoms. The Morgan fingerprint density at radius 3 is 2.59 bits per heavy atom. The number of thiophene rings is 1. The van der Waals surface area contributed by atoms with Gasteiger partial charge in [0.2, 0.25) is 0 Å². The minimum Gasteiger partial charge on any atom is -0.294 e. The Hall–Kier alpha value is -2.73. The molecule has 3 nitrogen and oxygen atoms in total. The molecule has 3 heterocycles. The van der Waals surface area contributed by atoms with Crippen LogP contribution in [0.3, 0.4) is 0 Å². The van der Waals surface area contributed by atoms with Crippen LogP contribution in [0.4, 0.5) is 0 Å². The van der Waals surface area contributed by atoms with E-state index in [-0.39, 0.29) is 11.8 Å². The Labute approximate surface area is 209 Å². The molecule has 0 bridgehead atoms. The number of fused-ring (bicyclic) bond motifs is 1. The number of nitrogens with zero attached hydrogens (tertiary/aromatic N) is 2. The van der Waals surface area contributed by atoms with Gasteiger partial charge in [-0.2, -0.15) is 0 Å². The Bertz CT molecular complexity index is 1340. The van der Waals surface area contributed by atoms with Crippen LogP contribution >= 0.6 is 23.1 Å². The number of hydrogen-bond acceptors (Lipinski definition) is 5. The Morgan fingerprint density at radius 1 is 1.06 bits per heavy atom. The topological polar surface area (TPSA) is 33.2 Å². The number of para-hydroxylation sites is 1. The van der Waals surface area contributed by atoms with Crippen LogP contribution in [0.1, 0.15) is 36.0 Å². The predicted octanol–water partition coefficient (Wildman–Crippen LogP) is 7.25. The lowest BCUT2D eigenvalue weighted by Gasteiger charge is -2.44. The maximum atomic E-state index is 13.8. The van der Waals surface area contributed by atoms with E-state index in [0.717, 1.165) is 34.3 Å². The zero-order valence-electron chi connectivity index (χ0n) is 19.7. The van der Waals surface area contributed by atoms with Crippen LogP contribution in [-0.4, -0.2) is 28.5 Å². The first kappa shape index (κ1) is 23.0. The maximum absolute atomic E-state index is 13.8. The number of carbonyl (C=O) groups is 1. The van der Waals surface area contributed by atoms with Gasteiger partial charge >= 0.3 is 0 Å². The van der Waals surface area contributed by atoms with Crippen LogP contribution in [0, 0.1) is 5.41 Å². The fourth-order valence-electron chi connectivity index (χ4n) is 4.77. The second-order valence-corrected chi connectivity index (χ2v) is 11.3. The molecule has 0 saturated carbocycles. The molecule has 4 aromatic rings. The van der Waals surface area contributed by atoms with Gasteiger partial charge in [-0.25, -0.2) is 4.98 Å². The second-order valence-electron chi connectivity index (χ2n) is 9.40. The number of likely N-dealkylation sites (tertiary alicyclic amines) is 1. The lowest BCUT2D eigenvalue weighted by molar-refractivity contribution is -0.128. The molecule has 172 valence electrons. The first-order valence-corrected chi connectivity index (χ1v) is 13.6. The molecule has 1 atom stereocenters.